The number of hydrogen-bond acceptors (Lipinski definition) is 6. The number of amides is 1. The van der Waals surface area contributed by atoms with Gasteiger partial charge in [0, 0.05) is 30.8 Å². The van der Waals surface area contributed by atoms with Gasteiger partial charge in [-0.25, -0.2) is 9.37 Å². The van der Waals surface area contributed by atoms with Gasteiger partial charge in [-0.2, -0.15) is 4.39 Å². The van der Waals surface area contributed by atoms with Crippen LogP contribution in [0.3, 0.4) is 0 Å². The number of methoxy groups -OCH3 is 1. The van der Waals surface area contributed by atoms with Crippen LogP contribution < -0.4 is 10.1 Å². The van der Waals surface area contributed by atoms with Gasteiger partial charge in [0.15, 0.2) is 11.5 Å². The number of halogens is 2. The highest BCUT2D eigenvalue weighted by Gasteiger charge is 2.36. The fourth-order valence-electron chi connectivity index (χ4n) is 4.11. The second kappa shape index (κ2) is 8.32. The van der Waals surface area contributed by atoms with Gasteiger partial charge in [0.1, 0.15) is 11.4 Å². The summed E-state index contributed by atoms with van der Waals surface area (Å²) in [7, 11) is 1.34. The number of anilines is 1. The van der Waals surface area contributed by atoms with Crippen LogP contribution in [-0.2, 0) is 16.8 Å². The molecule has 2 N–H and O–H groups in total. The Morgan fingerprint density at radius 2 is 1.97 bits per heavy atom. The van der Waals surface area contributed by atoms with Gasteiger partial charge in [0.25, 0.3) is 5.95 Å². The van der Waals surface area contributed by atoms with Gasteiger partial charge in [0.2, 0.25) is 5.91 Å². The molecule has 2 aliphatic heterocycles. The van der Waals surface area contributed by atoms with E-state index in [1.54, 1.807) is 6.07 Å². The Hall–Kier alpha value is -2.91. The molecule has 1 amide bonds. The molecule has 0 saturated carbocycles. The number of aromatic nitrogens is 1. The number of fused-ring (bicyclic) bond motifs is 1. The van der Waals surface area contributed by atoms with Gasteiger partial charge in [-0.1, -0.05) is 0 Å². The fraction of sp³-hybridized carbons (Fsp3) is 0.409. The minimum absolute atomic E-state index is 0.00187. The van der Waals surface area contributed by atoms with Gasteiger partial charge in [-0.3, -0.25) is 14.5 Å². The van der Waals surface area contributed by atoms with E-state index in [1.165, 1.54) is 25.3 Å². The summed E-state index contributed by atoms with van der Waals surface area (Å²) in [5.41, 5.74) is -0.324. The number of benzene rings is 1. The lowest BCUT2D eigenvalue weighted by Crippen LogP contribution is -2.45. The van der Waals surface area contributed by atoms with E-state index >= 15 is 0 Å². The molecule has 1 aromatic carbocycles. The third-order valence-corrected chi connectivity index (χ3v) is 5.98. The molecule has 3 heterocycles. The molecule has 1 saturated heterocycles. The number of ether oxygens (including phenoxy) is 1. The molecular weight excluding hydrogens is 408 g/mol. The Morgan fingerprint density at radius 3 is 2.65 bits per heavy atom. The van der Waals surface area contributed by atoms with Gasteiger partial charge < -0.3 is 15.2 Å². The predicted octanol–water partition coefficient (Wildman–Crippen LogP) is 2.42. The molecule has 31 heavy (non-hydrogen) atoms. The van der Waals surface area contributed by atoms with Crippen LogP contribution in [0.25, 0.3) is 0 Å². The Kier molecular flexibility index (Phi) is 5.72. The highest BCUT2D eigenvalue weighted by molar-refractivity contribution is 6.00. The molecule has 0 bridgehead atoms. The number of pyridine rings is 1. The van der Waals surface area contributed by atoms with E-state index in [2.05, 4.69) is 10.3 Å². The van der Waals surface area contributed by atoms with Crippen LogP contribution in [-0.4, -0.2) is 53.4 Å². The Bertz CT molecular complexity index is 1040. The highest BCUT2D eigenvalue weighted by Crippen LogP contribution is 2.33. The van der Waals surface area contributed by atoms with Crippen LogP contribution in [0.1, 0.15) is 40.9 Å². The number of carbonyl (C=O) groups is 2. The first-order chi connectivity index (χ1) is 14.8. The molecule has 0 unspecified atom stereocenters. The lowest BCUT2D eigenvalue weighted by Gasteiger charge is -2.37. The second-order valence-corrected chi connectivity index (χ2v) is 7.92. The summed E-state index contributed by atoms with van der Waals surface area (Å²) < 4.78 is 33.6. The van der Waals surface area contributed by atoms with Crippen molar-refractivity contribution in [2.45, 2.75) is 31.3 Å². The standard InChI is InChI=1S/C22H23F2N3O4/c1-31-17-5-6-18(26-21(17)24)22(30)8-10-27(11-9-22)12-16(28)14-2-4-15-13(20(14)23)3-7-19(29)25-15/h2,4-6,30H,3,7-12H2,1H3,(H,25,29). The monoisotopic (exact) mass is 431 g/mol. The zero-order valence-electron chi connectivity index (χ0n) is 17.1. The van der Waals surface area contributed by atoms with Crippen molar-refractivity contribution < 1.29 is 28.2 Å². The average molecular weight is 431 g/mol. The maximum atomic E-state index is 14.8. The molecular formula is C22H23F2N3O4. The number of likely N-dealkylation sites (tertiary alicyclic amines) is 1. The molecule has 1 fully saturated rings. The van der Waals surface area contributed by atoms with Crippen LogP contribution in [0.4, 0.5) is 14.5 Å². The minimum atomic E-state index is -1.30. The number of rotatable bonds is 5. The zero-order valence-corrected chi connectivity index (χ0v) is 17.1. The molecule has 0 radical (unpaired) electrons. The first-order valence-corrected chi connectivity index (χ1v) is 10.1. The molecule has 164 valence electrons. The zero-order chi connectivity index (χ0) is 22.2. The van der Waals surface area contributed by atoms with Crippen LogP contribution in [0, 0.1) is 11.8 Å². The molecule has 2 aliphatic rings. The van der Waals surface area contributed by atoms with E-state index in [-0.39, 0.29) is 60.9 Å². The van der Waals surface area contributed by atoms with Crippen molar-refractivity contribution in [1.82, 2.24) is 9.88 Å². The summed E-state index contributed by atoms with van der Waals surface area (Å²) in [6, 6.07) is 5.91. The summed E-state index contributed by atoms with van der Waals surface area (Å²) in [4.78, 5) is 29.8. The average Bonchev–Trinajstić information content (AvgIpc) is 2.75. The summed E-state index contributed by atoms with van der Waals surface area (Å²) in [5.74, 6) is -1.91. The summed E-state index contributed by atoms with van der Waals surface area (Å²) in [5, 5.41) is 13.5. The number of aliphatic hydroxyl groups is 1. The van der Waals surface area contributed by atoms with Gasteiger partial charge >= 0.3 is 0 Å². The molecule has 9 heteroatoms. The smallest absolute Gasteiger partial charge is 0.255 e. The third-order valence-electron chi connectivity index (χ3n) is 5.98. The van der Waals surface area contributed by atoms with E-state index in [9.17, 15) is 23.5 Å². The van der Waals surface area contributed by atoms with Gasteiger partial charge in [0.05, 0.1) is 24.9 Å². The number of hydrogen-bond donors (Lipinski definition) is 2. The van der Waals surface area contributed by atoms with Crippen molar-refractivity contribution in [2.24, 2.45) is 0 Å². The van der Waals surface area contributed by atoms with Crippen LogP contribution >= 0.6 is 0 Å². The quantitative estimate of drug-likeness (QED) is 0.558. The summed E-state index contributed by atoms with van der Waals surface area (Å²) >= 11 is 0. The first kappa shape index (κ1) is 21.3. The number of Topliss-reactive ketones (excluding diaryl/α,β-unsaturated/α-hetero) is 1. The lowest BCUT2D eigenvalue weighted by molar-refractivity contribution is -0.116. The van der Waals surface area contributed by atoms with Crippen molar-refractivity contribution in [3.63, 3.8) is 0 Å². The fourth-order valence-corrected chi connectivity index (χ4v) is 4.11. The van der Waals surface area contributed by atoms with Crippen LogP contribution in [0.2, 0.25) is 0 Å². The van der Waals surface area contributed by atoms with Crippen LogP contribution in [0.5, 0.6) is 5.75 Å². The van der Waals surface area contributed by atoms with E-state index < -0.39 is 17.4 Å². The number of piperidine rings is 1. The van der Waals surface area contributed by atoms with E-state index in [0.29, 0.717) is 24.3 Å². The minimum Gasteiger partial charge on any atom is -0.492 e. The molecule has 7 nitrogen and oxygen atoms in total. The second-order valence-electron chi connectivity index (χ2n) is 7.92. The summed E-state index contributed by atoms with van der Waals surface area (Å²) in [6.45, 7) is 0.753. The number of carbonyl (C=O) groups excluding carboxylic acids is 2. The van der Waals surface area contributed by atoms with Crippen LogP contribution in [0.15, 0.2) is 24.3 Å². The molecule has 0 atom stereocenters. The van der Waals surface area contributed by atoms with Gasteiger partial charge in [-0.15, -0.1) is 0 Å². The third kappa shape index (κ3) is 4.15. The largest absolute Gasteiger partial charge is 0.492 e. The summed E-state index contributed by atoms with van der Waals surface area (Å²) in [6.07, 6.45) is 0.970. The molecule has 4 rings (SSSR count). The Morgan fingerprint density at radius 1 is 1.23 bits per heavy atom. The Balaban J connectivity index is 1.42. The molecule has 0 spiro atoms. The van der Waals surface area contributed by atoms with E-state index in [1.807, 2.05) is 4.90 Å². The highest BCUT2D eigenvalue weighted by atomic mass is 19.1. The van der Waals surface area contributed by atoms with Crippen molar-refractivity contribution in [3.05, 3.63) is 52.9 Å². The predicted molar refractivity (Wildman–Crippen MR) is 108 cm³/mol. The normalized spacial score (nSPS) is 18.3. The maximum Gasteiger partial charge on any atom is 0.255 e. The van der Waals surface area contributed by atoms with Crippen molar-refractivity contribution in [2.75, 3.05) is 32.1 Å². The number of ketones is 1. The van der Waals surface area contributed by atoms with E-state index in [4.69, 9.17) is 4.74 Å². The number of nitrogens with zero attached hydrogens (tertiary/aromatic N) is 2. The topological polar surface area (TPSA) is 91.8 Å². The Labute approximate surface area is 178 Å². The van der Waals surface area contributed by atoms with Gasteiger partial charge in [-0.05, 0) is 43.5 Å². The molecule has 0 aliphatic carbocycles. The number of nitrogens with one attached hydrogen (secondary N) is 1. The van der Waals surface area contributed by atoms with E-state index in [0.717, 1.165) is 0 Å². The lowest BCUT2D eigenvalue weighted by atomic mass is 9.87. The van der Waals surface area contributed by atoms with Crippen molar-refractivity contribution >= 4 is 17.4 Å². The molecule has 2 aromatic rings. The maximum absolute atomic E-state index is 14.8. The SMILES string of the molecule is COc1ccc(C2(O)CCN(CC(=O)c3ccc4c(c3F)CCC(=O)N4)CC2)nc1F. The first-order valence-electron chi connectivity index (χ1n) is 10.1. The molecule has 1 aromatic heterocycles. The van der Waals surface area contributed by atoms with Crippen molar-refractivity contribution in [3.8, 4) is 5.75 Å². The van der Waals surface area contributed by atoms with Crippen molar-refractivity contribution in [1.29, 1.82) is 0 Å².